The summed E-state index contributed by atoms with van der Waals surface area (Å²) in [6, 6.07) is 25.0. The minimum Gasteiger partial charge on any atom is -0.506 e. The van der Waals surface area contributed by atoms with Gasteiger partial charge in [-0.05, 0) is 70.8 Å². The van der Waals surface area contributed by atoms with Crippen LogP contribution in [0.3, 0.4) is 0 Å². The topological polar surface area (TPSA) is 136 Å². The van der Waals surface area contributed by atoms with Crippen molar-refractivity contribution in [1.29, 1.82) is 0 Å². The van der Waals surface area contributed by atoms with E-state index in [0.29, 0.717) is 33.7 Å². The average molecular weight is 715 g/mol. The molecule has 4 heterocycles. The first-order valence-electron chi connectivity index (χ1n) is 17.7. The molecule has 0 aromatic heterocycles. The molecule has 0 fully saturated rings. The molecule has 10 heteroatoms. The zero-order valence-corrected chi connectivity index (χ0v) is 30.0. The smallest absolute Gasteiger partial charge is 0.261 e. The third-order valence-corrected chi connectivity index (χ3v) is 11.3. The fourth-order valence-electron chi connectivity index (χ4n) is 8.00. The number of benzene rings is 4. The number of ketones is 1. The van der Waals surface area contributed by atoms with E-state index in [1.807, 2.05) is 64.1 Å². The Kier molecular flexibility index (Phi) is 7.01. The van der Waals surface area contributed by atoms with E-state index in [1.54, 1.807) is 60.7 Å². The summed E-state index contributed by atoms with van der Waals surface area (Å²) in [5.74, 6) is -1.70. The highest BCUT2D eigenvalue weighted by Crippen LogP contribution is 2.46. The normalized spacial score (nSPS) is 20.4. The van der Waals surface area contributed by atoms with Crippen molar-refractivity contribution in [3.8, 4) is 0 Å². The van der Waals surface area contributed by atoms with Gasteiger partial charge in [-0.1, -0.05) is 76.2 Å². The Hall–Kier alpha value is -6.68. The fraction of sp³-hybridized carbons (Fsp3) is 0.182. The molecular formula is C44H34N4O6. The Bertz CT molecular complexity index is 2530. The maximum absolute atomic E-state index is 13.6. The van der Waals surface area contributed by atoms with Crippen LogP contribution in [-0.4, -0.2) is 50.0 Å². The van der Waals surface area contributed by atoms with E-state index in [-0.39, 0.29) is 59.4 Å². The van der Waals surface area contributed by atoms with Crippen LogP contribution in [-0.2, 0) is 28.7 Å². The molecule has 0 radical (unpaired) electrons. The number of nitrogens with zero attached hydrogens (tertiary/aromatic N) is 3. The Labute approximate surface area is 310 Å². The van der Waals surface area contributed by atoms with Crippen LogP contribution in [0.15, 0.2) is 125 Å². The monoisotopic (exact) mass is 714 g/mol. The van der Waals surface area contributed by atoms with Crippen LogP contribution in [0, 0.1) is 0 Å². The second kappa shape index (κ2) is 11.4. The molecule has 2 N–H and O–H groups in total. The molecule has 0 atom stereocenters. The minimum absolute atomic E-state index is 0.117. The lowest BCUT2D eigenvalue weighted by Crippen LogP contribution is -2.30. The number of aliphatic imine (C=N–C) groups is 1. The number of carbonyl (C=O) groups excluding carboxylic acids is 5. The number of hydrogen-bond donors (Lipinski definition) is 2. The van der Waals surface area contributed by atoms with Crippen molar-refractivity contribution in [3.63, 3.8) is 0 Å². The van der Waals surface area contributed by atoms with E-state index in [1.165, 1.54) is 9.80 Å². The van der Waals surface area contributed by atoms with Crippen molar-refractivity contribution >= 4 is 46.5 Å². The number of aliphatic hydroxyl groups is 1. The highest BCUT2D eigenvalue weighted by Gasteiger charge is 2.42. The number of anilines is 1. The molecule has 9 rings (SSSR count). The molecule has 4 amide bonds. The first kappa shape index (κ1) is 33.2. The number of hydrogen-bond acceptors (Lipinski definition) is 8. The number of rotatable bonds is 6. The molecule has 0 spiro atoms. The molecule has 5 aliphatic rings. The first-order valence-corrected chi connectivity index (χ1v) is 17.7. The van der Waals surface area contributed by atoms with Crippen molar-refractivity contribution in [2.45, 2.75) is 51.6 Å². The van der Waals surface area contributed by atoms with Crippen LogP contribution in [0.1, 0.15) is 91.4 Å². The Morgan fingerprint density at radius 1 is 0.648 bits per heavy atom. The Morgan fingerprint density at radius 3 is 1.67 bits per heavy atom. The van der Waals surface area contributed by atoms with Gasteiger partial charge in [0.25, 0.3) is 23.6 Å². The third-order valence-electron chi connectivity index (χ3n) is 11.3. The SMILES string of the molecule is CC1(C)C(C=C2C(=O)C(C=C3Nc4ccc(CN5C(=O)c6ccccc6C5=O)cc4C3(C)C)=C2O)=Nc2ccc(CN3C(=O)c4ccccc4C3=O)cc21. The average Bonchev–Trinajstić information content (AvgIpc) is 3.76. The molecule has 4 aromatic rings. The first-order chi connectivity index (χ1) is 25.8. The van der Waals surface area contributed by atoms with Crippen molar-refractivity contribution in [2.24, 2.45) is 4.99 Å². The summed E-state index contributed by atoms with van der Waals surface area (Å²) in [7, 11) is 0. The largest absolute Gasteiger partial charge is 0.506 e. The predicted molar refractivity (Wildman–Crippen MR) is 202 cm³/mol. The zero-order valence-electron chi connectivity index (χ0n) is 30.0. The summed E-state index contributed by atoms with van der Waals surface area (Å²) in [5, 5.41) is 14.6. The predicted octanol–water partition coefficient (Wildman–Crippen LogP) is 7.25. The van der Waals surface area contributed by atoms with E-state index < -0.39 is 10.8 Å². The van der Waals surface area contributed by atoms with E-state index in [0.717, 1.165) is 33.6 Å². The minimum atomic E-state index is -0.628. The molecule has 0 unspecified atom stereocenters. The van der Waals surface area contributed by atoms with E-state index in [2.05, 4.69) is 5.32 Å². The standard InChI is InChI=1S/C44H34N4O6/c1-43(2)31-17-23(21-47-39(51)25-9-5-6-10-26(25)40(47)52)13-15-33(31)45-35(43)19-29-37(49)30(38(29)50)20-36-44(3,4)32-18-24(14-16-34(32)46-36)22-48-41(53)27-11-7-8-12-28(27)42(48)54/h5-20,45,49H,21-22H2,1-4H3. The van der Waals surface area contributed by atoms with Gasteiger partial charge in [0.05, 0.1) is 57.9 Å². The van der Waals surface area contributed by atoms with Crippen LogP contribution >= 0.6 is 0 Å². The molecule has 266 valence electrons. The summed E-state index contributed by atoms with van der Waals surface area (Å²) in [4.78, 5) is 72.8. The summed E-state index contributed by atoms with van der Waals surface area (Å²) in [6.45, 7) is 8.24. The van der Waals surface area contributed by atoms with Gasteiger partial charge in [-0.25, -0.2) is 0 Å². The number of imide groups is 2. The number of allylic oxidation sites excluding steroid dienone is 5. The highest BCUT2D eigenvalue weighted by atomic mass is 16.3. The number of amides is 4. The lowest BCUT2D eigenvalue weighted by atomic mass is 9.77. The summed E-state index contributed by atoms with van der Waals surface area (Å²) < 4.78 is 0. The van der Waals surface area contributed by atoms with Gasteiger partial charge in [0, 0.05) is 22.2 Å². The lowest BCUT2D eigenvalue weighted by molar-refractivity contribution is -0.113. The summed E-state index contributed by atoms with van der Waals surface area (Å²) in [5.41, 5.74) is 7.04. The maximum atomic E-state index is 13.6. The van der Waals surface area contributed by atoms with E-state index in [9.17, 15) is 29.1 Å². The second-order valence-electron chi connectivity index (χ2n) is 15.3. The number of fused-ring (bicyclic) bond motifs is 4. The molecule has 4 aromatic carbocycles. The summed E-state index contributed by atoms with van der Waals surface area (Å²) >= 11 is 0. The molecule has 1 aliphatic carbocycles. The summed E-state index contributed by atoms with van der Waals surface area (Å²) in [6.07, 6.45) is 3.32. The maximum Gasteiger partial charge on any atom is 0.261 e. The van der Waals surface area contributed by atoms with Crippen molar-refractivity contribution in [1.82, 2.24) is 9.80 Å². The van der Waals surface area contributed by atoms with Gasteiger partial charge >= 0.3 is 0 Å². The van der Waals surface area contributed by atoms with E-state index >= 15 is 0 Å². The Balaban J connectivity index is 0.928. The van der Waals surface area contributed by atoms with Crippen LogP contribution in [0.5, 0.6) is 0 Å². The van der Waals surface area contributed by atoms with Gasteiger partial charge in [0.2, 0.25) is 5.78 Å². The number of aliphatic hydroxyl groups excluding tert-OH is 1. The number of Topliss-reactive ketones (excluding diaryl/α,β-unsaturated/α-hetero) is 1. The molecule has 0 saturated carbocycles. The van der Waals surface area contributed by atoms with Gasteiger partial charge in [0.15, 0.2) is 0 Å². The van der Waals surface area contributed by atoms with Crippen LogP contribution in [0.2, 0.25) is 0 Å². The molecule has 54 heavy (non-hydrogen) atoms. The molecule has 10 nitrogen and oxygen atoms in total. The Morgan fingerprint density at radius 2 is 1.15 bits per heavy atom. The molecular weight excluding hydrogens is 681 g/mol. The molecule has 0 bridgehead atoms. The van der Waals surface area contributed by atoms with Gasteiger partial charge < -0.3 is 10.4 Å². The van der Waals surface area contributed by atoms with Gasteiger partial charge in [-0.15, -0.1) is 0 Å². The fourth-order valence-corrected chi connectivity index (χ4v) is 8.00. The zero-order chi connectivity index (χ0) is 37.8. The van der Waals surface area contributed by atoms with Crippen LogP contribution in [0.4, 0.5) is 11.4 Å². The number of nitrogens with one attached hydrogen (secondary N) is 1. The van der Waals surface area contributed by atoms with Gasteiger partial charge in [0.1, 0.15) is 5.76 Å². The van der Waals surface area contributed by atoms with Crippen molar-refractivity contribution < 1.29 is 29.1 Å². The second-order valence-corrected chi connectivity index (χ2v) is 15.3. The number of carbonyl (C=O) groups is 5. The van der Waals surface area contributed by atoms with Crippen molar-refractivity contribution in [3.05, 3.63) is 164 Å². The van der Waals surface area contributed by atoms with Crippen molar-refractivity contribution in [2.75, 3.05) is 5.32 Å². The highest BCUT2D eigenvalue weighted by molar-refractivity contribution is 6.25. The lowest BCUT2D eigenvalue weighted by Gasteiger charge is -2.26. The molecule has 0 saturated heterocycles. The quantitative estimate of drug-likeness (QED) is 0.159. The van der Waals surface area contributed by atoms with E-state index in [4.69, 9.17) is 4.99 Å². The van der Waals surface area contributed by atoms with Crippen LogP contribution < -0.4 is 5.32 Å². The van der Waals surface area contributed by atoms with Gasteiger partial charge in [-0.3, -0.25) is 38.8 Å². The third kappa shape index (κ3) is 4.72. The van der Waals surface area contributed by atoms with Crippen LogP contribution in [0.25, 0.3) is 0 Å². The molecule has 4 aliphatic heterocycles. The van der Waals surface area contributed by atoms with Gasteiger partial charge in [-0.2, -0.15) is 0 Å².